The maximum absolute atomic E-state index is 3.78. The van der Waals surface area contributed by atoms with E-state index in [4.69, 9.17) is 0 Å². The predicted molar refractivity (Wildman–Crippen MR) is 64.8 cm³/mol. The van der Waals surface area contributed by atoms with Gasteiger partial charge >= 0.3 is 0 Å². The third kappa shape index (κ3) is 8.96. The van der Waals surface area contributed by atoms with Crippen LogP contribution in [0, 0.1) is 0 Å². The van der Waals surface area contributed by atoms with E-state index in [1.807, 2.05) is 7.05 Å². The van der Waals surface area contributed by atoms with E-state index in [-0.39, 0.29) is 0 Å². The lowest BCUT2D eigenvalue weighted by molar-refractivity contribution is 0.584. The lowest BCUT2D eigenvalue weighted by Crippen LogP contribution is -2.34. The molecule has 0 aromatic rings. The second kappa shape index (κ2) is 9.21. The molecule has 0 aromatic heterocycles. The Balaban J connectivity index is 3.18. The molecule has 0 aliphatic rings. The molecule has 0 unspecified atom stereocenters. The SMILES string of the molecule is C=C(NC)NCCCCNC(=C)NNC. The van der Waals surface area contributed by atoms with Gasteiger partial charge in [-0.25, -0.2) is 5.43 Å². The Morgan fingerprint density at radius 1 is 0.933 bits per heavy atom. The fraction of sp³-hybridized carbons (Fsp3) is 0.600. The lowest BCUT2D eigenvalue weighted by Gasteiger charge is -2.11. The smallest absolute Gasteiger partial charge is 0.106 e. The van der Waals surface area contributed by atoms with Gasteiger partial charge in [-0.1, -0.05) is 13.2 Å². The molecule has 0 saturated carbocycles. The summed E-state index contributed by atoms with van der Waals surface area (Å²) in [6.45, 7) is 9.41. The van der Waals surface area contributed by atoms with Crippen molar-refractivity contribution in [3.63, 3.8) is 0 Å². The average molecular weight is 213 g/mol. The van der Waals surface area contributed by atoms with Crippen LogP contribution < -0.4 is 26.8 Å². The molecular weight excluding hydrogens is 190 g/mol. The Morgan fingerprint density at radius 2 is 1.47 bits per heavy atom. The van der Waals surface area contributed by atoms with E-state index in [0.717, 1.165) is 37.6 Å². The summed E-state index contributed by atoms with van der Waals surface area (Å²) in [5.74, 6) is 1.66. The topological polar surface area (TPSA) is 60.1 Å². The van der Waals surface area contributed by atoms with Gasteiger partial charge in [0.25, 0.3) is 0 Å². The van der Waals surface area contributed by atoms with Crippen molar-refractivity contribution in [2.75, 3.05) is 27.2 Å². The number of nitrogens with one attached hydrogen (secondary N) is 5. The van der Waals surface area contributed by atoms with Crippen LogP contribution in [-0.4, -0.2) is 27.2 Å². The third-order valence-electron chi connectivity index (χ3n) is 1.86. The molecule has 0 aliphatic carbocycles. The molecule has 0 radical (unpaired) electrons. The Hall–Kier alpha value is -1.36. The second-order valence-corrected chi connectivity index (χ2v) is 3.14. The summed E-state index contributed by atoms with van der Waals surface area (Å²) < 4.78 is 0. The first-order valence-electron chi connectivity index (χ1n) is 5.16. The standard InChI is InChI=1S/C10H23N5/c1-9(11-3)13-7-5-6-8-14-10(2)15-12-4/h11-15H,1-2,5-8H2,3-4H3. The molecule has 0 aliphatic heterocycles. The zero-order valence-electron chi connectivity index (χ0n) is 9.74. The normalized spacial score (nSPS) is 9.20. The number of hydrogen-bond donors (Lipinski definition) is 5. The molecule has 0 bridgehead atoms. The van der Waals surface area contributed by atoms with E-state index in [1.54, 1.807) is 7.05 Å². The highest BCUT2D eigenvalue weighted by Crippen LogP contribution is 1.87. The summed E-state index contributed by atoms with van der Waals surface area (Å²) in [6.07, 6.45) is 2.19. The van der Waals surface area contributed by atoms with Crippen LogP contribution in [0.3, 0.4) is 0 Å². The molecule has 5 nitrogen and oxygen atoms in total. The molecule has 0 heterocycles. The van der Waals surface area contributed by atoms with Gasteiger partial charge in [-0.2, -0.15) is 0 Å². The monoisotopic (exact) mass is 213 g/mol. The van der Waals surface area contributed by atoms with Crippen molar-refractivity contribution in [2.24, 2.45) is 0 Å². The zero-order valence-corrected chi connectivity index (χ0v) is 9.74. The second-order valence-electron chi connectivity index (χ2n) is 3.14. The number of hydrazine groups is 1. The summed E-state index contributed by atoms with van der Waals surface area (Å²) in [6, 6.07) is 0. The van der Waals surface area contributed by atoms with E-state index in [1.165, 1.54) is 0 Å². The van der Waals surface area contributed by atoms with Crippen molar-refractivity contribution < 1.29 is 0 Å². The molecule has 0 fully saturated rings. The first-order valence-corrected chi connectivity index (χ1v) is 5.16. The summed E-state index contributed by atoms with van der Waals surface area (Å²) in [4.78, 5) is 0. The highest BCUT2D eigenvalue weighted by atomic mass is 15.4. The van der Waals surface area contributed by atoms with Gasteiger partial charge in [0, 0.05) is 27.2 Å². The van der Waals surface area contributed by atoms with Crippen LogP contribution in [0.25, 0.3) is 0 Å². The molecule has 5 heteroatoms. The maximum atomic E-state index is 3.78. The van der Waals surface area contributed by atoms with Crippen molar-refractivity contribution in [1.29, 1.82) is 0 Å². The van der Waals surface area contributed by atoms with Gasteiger partial charge in [-0.05, 0) is 12.8 Å². The largest absolute Gasteiger partial charge is 0.375 e. The van der Waals surface area contributed by atoms with Crippen molar-refractivity contribution in [1.82, 2.24) is 26.8 Å². The average Bonchev–Trinajstić information content (AvgIpc) is 2.23. The van der Waals surface area contributed by atoms with Gasteiger partial charge in [0.2, 0.25) is 0 Å². The predicted octanol–water partition coefficient (Wildman–Crippen LogP) is -0.168. The minimum absolute atomic E-state index is 0.796. The van der Waals surface area contributed by atoms with Crippen LogP contribution in [0.5, 0.6) is 0 Å². The van der Waals surface area contributed by atoms with E-state index >= 15 is 0 Å². The van der Waals surface area contributed by atoms with Gasteiger partial charge in [0.1, 0.15) is 5.82 Å². The van der Waals surface area contributed by atoms with Crippen LogP contribution in [-0.2, 0) is 0 Å². The van der Waals surface area contributed by atoms with Crippen molar-refractivity contribution in [3.8, 4) is 0 Å². The van der Waals surface area contributed by atoms with Crippen molar-refractivity contribution >= 4 is 0 Å². The molecule has 0 aromatic carbocycles. The fourth-order valence-electron chi connectivity index (χ4n) is 1.01. The molecule has 5 N–H and O–H groups in total. The molecule has 0 spiro atoms. The van der Waals surface area contributed by atoms with Crippen LogP contribution in [0.15, 0.2) is 24.8 Å². The molecule has 0 atom stereocenters. The summed E-state index contributed by atoms with van der Waals surface area (Å²) in [5, 5.41) is 9.25. The van der Waals surface area contributed by atoms with Crippen molar-refractivity contribution in [2.45, 2.75) is 12.8 Å². The van der Waals surface area contributed by atoms with Crippen LogP contribution in [0.1, 0.15) is 12.8 Å². The Morgan fingerprint density at radius 3 is 1.93 bits per heavy atom. The van der Waals surface area contributed by atoms with Gasteiger partial charge < -0.3 is 21.4 Å². The van der Waals surface area contributed by atoms with Crippen LogP contribution in [0.2, 0.25) is 0 Å². The molecule has 0 saturated heterocycles. The van der Waals surface area contributed by atoms with Gasteiger partial charge in [-0.3, -0.25) is 0 Å². The van der Waals surface area contributed by atoms with Crippen LogP contribution >= 0.6 is 0 Å². The number of hydrogen-bond acceptors (Lipinski definition) is 5. The summed E-state index contributed by atoms with van der Waals surface area (Å²) >= 11 is 0. The minimum Gasteiger partial charge on any atom is -0.375 e. The molecule has 88 valence electrons. The quantitative estimate of drug-likeness (QED) is 0.258. The van der Waals surface area contributed by atoms with E-state index in [2.05, 4.69) is 40.0 Å². The van der Waals surface area contributed by atoms with Crippen LogP contribution in [0.4, 0.5) is 0 Å². The first kappa shape index (κ1) is 13.6. The maximum Gasteiger partial charge on any atom is 0.106 e. The van der Waals surface area contributed by atoms with Gasteiger partial charge in [-0.15, -0.1) is 0 Å². The fourth-order valence-corrected chi connectivity index (χ4v) is 1.01. The zero-order chi connectivity index (χ0) is 11.5. The Labute approximate surface area is 92.4 Å². The summed E-state index contributed by atoms with van der Waals surface area (Å²) in [5.41, 5.74) is 5.67. The highest BCUT2D eigenvalue weighted by Gasteiger charge is 1.91. The Bertz CT molecular complexity index is 190. The lowest BCUT2D eigenvalue weighted by atomic mass is 10.3. The third-order valence-corrected chi connectivity index (χ3v) is 1.86. The van der Waals surface area contributed by atoms with Crippen molar-refractivity contribution in [3.05, 3.63) is 24.8 Å². The first-order chi connectivity index (χ1) is 7.20. The van der Waals surface area contributed by atoms with Gasteiger partial charge in [0.05, 0.1) is 5.82 Å². The highest BCUT2D eigenvalue weighted by molar-refractivity contribution is 4.86. The van der Waals surface area contributed by atoms with Gasteiger partial charge in [0.15, 0.2) is 0 Å². The van der Waals surface area contributed by atoms with E-state index in [9.17, 15) is 0 Å². The summed E-state index contributed by atoms with van der Waals surface area (Å²) in [7, 11) is 3.66. The Kier molecular flexibility index (Phi) is 8.37. The van der Waals surface area contributed by atoms with E-state index in [0.29, 0.717) is 0 Å². The molecule has 0 rings (SSSR count). The number of unbranched alkanes of at least 4 members (excludes halogenated alkanes) is 1. The minimum atomic E-state index is 0.796. The molecule has 0 amide bonds. The number of rotatable bonds is 10. The molecular formula is C10H23N5. The van der Waals surface area contributed by atoms with E-state index < -0.39 is 0 Å². The molecule has 15 heavy (non-hydrogen) atoms.